The van der Waals surface area contributed by atoms with Crippen molar-refractivity contribution in [1.82, 2.24) is 9.97 Å². The largest absolute Gasteiger partial charge is 0.490 e. The van der Waals surface area contributed by atoms with Crippen LogP contribution in [0, 0.1) is 11.6 Å². The highest BCUT2D eigenvalue weighted by Crippen LogP contribution is 2.25. The summed E-state index contributed by atoms with van der Waals surface area (Å²) in [5.74, 6) is -0.312. The predicted molar refractivity (Wildman–Crippen MR) is 134 cm³/mol. The quantitative estimate of drug-likeness (QED) is 0.148. The third-order valence-corrected chi connectivity index (χ3v) is 6.08. The van der Waals surface area contributed by atoms with Gasteiger partial charge in [0, 0.05) is 11.8 Å². The van der Waals surface area contributed by atoms with Crippen LogP contribution in [0.2, 0.25) is 0 Å². The van der Waals surface area contributed by atoms with E-state index in [0.717, 1.165) is 41.7 Å². The number of nitrogens with zero attached hydrogens (tertiary/aromatic N) is 2. The molecule has 0 atom stereocenters. The maximum Gasteiger partial charge on any atom is 0.387 e. The van der Waals surface area contributed by atoms with Gasteiger partial charge in [0.15, 0.2) is 17.3 Å². The summed E-state index contributed by atoms with van der Waals surface area (Å²) in [5.41, 5.74) is 2.12. The van der Waals surface area contributed by atoms with Gasteiger partial charge in [0.1, 0.15) is 11.6 Å². The number of aryl methyl sites for hydroxylation is 4. The summed E-state index contributed by atoms with van der Waals surface area (Å²) in [6.07, 6.45) is 7.49. The van der Waals surface area contributed by atoms with Crippen molar-refractivity contribution in [3.63, 3.8) is 0 Å². The van der Waals surface area contributed by atoms with Gasteiger partial charge in [-0.3, -0.25) is 0 Å². The number of fused-ring (bicyclic) bond motifs is 1. The lowest BCUT2D eigenvalue weighted by molar-refractivity contribution is -0.0522. The fourth-order valence-electron chi connectivity index (χ4n) is 4.04. The van der Waals surface area contributed by atoms with Crippen LogP contribution >= 0.6 is 0 Å². The monoisotopic (exact) mass is 512 g/mol. The van der Waals surface area contributed by atoms with Crippen LogP contribution in [0.5, 0.6) is 11.5 Å². The molecule has 0 unspecified atom stereocenters. The number of hydrogen-bond donors (Lipinski definition) is 0. The molecule has 4 aromatic rings. The molecule has 0 fully saturated rings. The zero-order chi connectivity index (χ0) is 26.2. The van der Waals surface area contributed by atoms with Crippen molar-refractivity contribution >= 4 is 10.8 Å². The summed E-state index contributed by atoms with van der Waals surface area (Å²) >= 11 is 0. The first-order chi connectivity index (χ1) is 17.9. The van der Waals surface area contributed by atoms with E-state index in [9.17, 15) is 13.2 Å². The molecule has 0 radical (unpaired) electrons. The van der Waals surface area contributed by atoms with E-state index in [1.54, 1.807) is 24.5 Å². The van der Waals surface area contributed by atoms with Crippen molar-refractivity contribution in [2.24, 2.45) is 0 Å². The SMILES string of the molecule is CCCCOc1cnc(CCc2ccc3c(F)c(CCc4ccc(OC(F)F)c(F)c4)ccc3c2)nc1. The maximum absolute atomic E-state index is 15.2. The number of alkyl halides is 2. The minimum absolute atomic E-state index is 0.316. The number of ether oxygens (including phenoxy) is 2. The standard InChI is InChI=1S/C29H28F4N2O2/c1-2-3-14-36-23-17-34-27(35-18-23)13-7-19-5-11-24-22(15-19)10-9-21(28(24)31)8-4-20-6-12-26(25(30)16-20)37-29(32)33/h5-6,9-12,15-18,29H,2-4,7-8,13-14H2,1H3. The van der Waals surface area contributed by atoms with Crippen molar-refractivity contribution in [1.29, 1.82) is 0 Å². The fraction of sp³-hybridized carbons (Fsp3) is 0.310. The molecule has 0 amide bonds. The molecular weight excluding hydrogens is 484 g/mol. The van der Waals surface area contributed by atoms with Gasteiger partial charge in [-0.2, -0.15) is 8.78 Å². The van der Waals surface area contributed by atoms with Crippen LogP contribution < -0.4 is 9.47 Å². The molecule has 4 nitrogen and oxygen atoms in total. The first-order valence-electron chi connectivity index (χ1n) is 12.3. The van der Waals surface area contributed by atoms with Gasteiger partial charge in [0.25, 0.3) is 0 Å². The van der Waals surface area contributed by atoms with Gasteiger partial charge in [-0.1, -0.05) is 49.7 Å². The molecule has 1 aromatic heterocycles. The van der Waals surface area contributed by atoms with E-state index in [1.807, 2.05) is 18.2 Å². The van der Waals surface area contributed by atoms with Crippen LogP contribution in [0.15, 0.2) is 60.9 Å². The van der Waals surface area contributed by atoms with Gasteiger partial charge in [0.2, 0.25) is 0 Å². The fourth-order valence-corrected chi connectivity index (χ4v) is 4.04. The summed E-state index contributed by atoms with van der Waals surface area (Å²) < 4.78 is 63.5. The van der Waals surface area contributed by atoms with E-state index >= 15 is 4.39 Å². The highest BCUT2D eigenvalue weighted by atomic mass is 19.3. The van der Waals surface area contributed by atoms with Crippen molar-refractivity contribution in [3.05, 3.63) is 95.1 Å². The molecule has 0 saturated carbocycles. The Hall–Kier alpha value is -3.68. The lowest BCUT2D eigenvalue weighted by Gasteiger charge is -2.10. The van der Waals surface area contributed by atoms with E-state index in [2.05, 4.69) is 21.6 Å². The van der Waals surface area contributed by atoms with Gasteiger partial charge in [-0.05, 0) is 59.9 Å². The van der Waals surface area contributed by atoms with Gasteiger partial charge in [-0.15, -0.1) is 0 Å². The normalized spacial score (nSPS) is 11.3. The number of rotatable bonds is 12. The molecule has 3 aromatic carbocycles. The first-order valence-corrected chi connectivity index (χ1v) is 12.3. The highest BCUT2D eigenvalue weighted by Gasteiger charge is 2.12. The average Bonchev–Trinajstić information content (AvgIpc) is 2.89. The van der Waals surface area contributed by atoms with Crippen molar-refractivity contribution in [2.75, 3.05) is 6.61 Å². The lowest BCUT2D eigenvalue weighted by atomic mass is 9.98. The minimum Gasteiger partial charge on any atom is -0.490 e. The molecule has 1 heterocycles. The van der Waals surface area contributed by atoms with Crippen LogP contribution in [0.1, 0.15) is 42.3 Å². The Morgan fingerprint density at radius 2 is 1.57 bits per heavy atom. The Morgan fingerprint density at radius 3 is 2.30 bits per heavy atom. The van der Waals surface area contributed by atoms with Gasteiger partial charge >= 0.3 is 6.61 Å². The number of unbranched alkanes of at least 4 members (excludes halogenated alkanes) is 1. The van der Waals surface area contributed by atoms with Crippen LogP contribution in [-0.4, -0.2) is 23.2 Å². The van der Waals surface area contributed by atoms with E-state index < -0.39 is 18.2 Å². The number of halogens is 4. The maximum atomic E-state index is 15.2. The van der Waals surface area contributed by atoms with E-state index in [4.69, 9.17) is 4.74 Å². The van der Waals surface area contributed by atoms with Gasteiger partial charge in [-0.25, -0.2) is 18.7 Å². The summed E-state index contributed by atoms with van der Waals surface area (Å²) in [5, 5.41) is 1.30. The molecule has 4 rings (SSSR count). The summed E-state index contributed by atoms with van der Waals surface area (Å²) in [6, 6.07) is 13.0. The van der Waals surface area contributed by atoms with Crippen molar-refractivity contribution in [3.8, 4) is 11.5 Å². The minimum atomic E-state index is -3.09. The van der Waals surface area contributed by atoms with Crippen LogP contribution in [0.25, 0.3) is 10.8 Å². The molecule has 0 spiro atoms. The van der Waals surface area contributed by atoms with Gasteiger partial charge in [0.05, 0.1) is 19.0 Å². The number of benzene rings is 3. The summed E-state index contributed by atoms with van der Waals surface area (Å²) in [4.78, 5) is 8.74. The van der Waals surface area contributed by atoms with E-state index in [0.29, 0.717) is 54.6 Å². The molecule has 0 aliphatic carbocycles. The average molecular weight is 513 g/mol. The van der Waals surface area contributed by atoms with Crippen LogP contribution in [-0.2, 0) is 25.7 Å². The molecule has 37 heavy (non-hydrogen) atoms. The molecular formula is C29H28F4N2O2. The molecule has 194 valence electrons. The summed E-state index contributed by atoms with van der Waals surface area (Å²) in [7, 11) is 0. The Bertz CT molecular complexity index is 1330. The Morgan fingerprint density at radius 1 is 0.838 bits per heavy atom. The first kappa shape index (κ1) is 26.4. The molecule has 0 aliphatic heterocycles. The second-order valence-corrected chi connectivity index (χ2v) is 8.77. The molecule has 8 heteroatoms. The topological polar surface area (TPSA) is 44.2 Å². The lowest BCUT2D eigenvalue weighted by Crippen LogP contribution is -2.04. The molecule has 0 aliphatic rings. The third kappa shape index (κ3) is 7.18. The van der Waals surface area contributed by atoms with Crippen molar-refractivity contribution in [2.45, 2.75) is 52.1 Å². The molecule has 0 saturated heterocycles. The van der Waals surface area contributed by atoms with E-state index in [-0.39, 0.29) is 5.82 Å². The van der Waals surface area contributed by atoms with Crippen LogP contribution in [0.3, 0.4) is 0 Å². The zero-order valence-electron chi connectivity index (χ0n) is 20.5. The van der Waals surface area contributed by atoms with Crippen LogP contribution in [0.4, 0.5) is 17.6 Å². The Balaban J connectivity index is 1.37. The smallest absolute Gasteiger partial charge is 0.387 e. The zero-order valence-corrected chi connectivity index (χ0v) is 20.5. The van der Waals surface area contributed by atoms with Crippen molar-refractivity contribution < 1.29 is 27.0 Å². The molecule has 0 bridgehead atoms. The summed E-state index contributed by atoms with van der Waals surface area (Å²) in [6.45, 7) is -0.338. The predicted octanol–water partition coefficient (Wildman–Crippen LogP) is 7.26. The Labute approximate surface area is 213 Å². The number of aromatic nitrogens is 2. The van der Waals surface area contributed by atoms with E-state index in [1.165, 1.54) is 6.07 Å². The second-order valence-electron chi connectivity index (χ2n) is 8.77. The highest BCUT2D eigenvalue weighted by molar-refractivity contribution is 5.84. The molecule has 0 N–H and O–H groups in total. The Kier molecular flexibility index (Phi) is 8.93. The third-order valence-electron chi connectivity index (χ3n) is 6.08. The van der Waals surface area contributed by atoms with Gasteiger partial charge < -0.3 is 9.47 Å². The number of hydrogen-bond acceptors (Lipinski definition) is 4. The second kappa shape index (κ2) is 12.5.